The van der Waals surface area contributed by atoms with E-state index in [9.17, 15) is 13.6 Å². The third-order valence-electron chi connectivity index (χ3n) is 4.51. The fraction of sp³-hybridized carbons (Fsp3) is 0.391. The summed E-state index contributed by atoms with van der Waals surface area (Å²) in [7, 11) is 5.38. The minimum Gasteiger partial charge on any atom is -0.435 e. The Morgan fingerprint density at radius 3 is 2.42 bits per heavy atom. The molecular weight excluding hydrogens is 402 g/mol. The van der Waals surface area contributed by atoms with Gasteiger partial charge in [0.2, 0.25) is 0 Å². The molecule has 0 fully saturated rings. The van der Waals surface area contributed by atoms with E-state index in [-0.39, 0.29) is 11.7 Å². The van der Waals surface area contributed by atoms with Gasteiger partial charge >= 0.3 is 6.61 Å². The first-order valence-corrected chi connectivity index (χ1v) is 10.1. The van der Waals surface area contributed by atoms with Crippen molar-refractivity contribution in [1.29, 1.82) is 0 Å². The monoisotopic (exact) mass is 432 g/mol. The van der Waals surface area contributed by atoms with Crippen LogP contribution in [-0.2, 0) is 13.0 Å². The molecule has 0 aliphatic rings. The minimum absolute atomic E-state index is 0.0246. The van der Waals surface area contributed by atoms with Crippen molar-refractivity contribution in [2.24, 2.45) is 4.99 Å². The average Bonchev–Trinajstić information content (AvgIpc) is 2.73. The topological polar surface area (TPSA) is 57.2 Å². The van der Waals surface area contributed by atoms with E-state index in [1.165, 1.54) is 12.1 Å². The first-order chi connectivity index (χ1) is 14.8. The number of amides is 1. The number of rotatable bonds is 9. The number of carbonyl (C=O) groups excluding carboxylic acids is 1. The molecule has 31 heavy (non-hydrogen) atoms. The Labute approximate surface area is 182 Å². The third-order valence-corrected chi connectivity index (χ3v) is 4.51. The molecule has 0 unspecified atom stereocenters. The van der Waals surface area contributed by atoms with Crippen LogP contribution < -0.4 is 10.1 Å². The number of carbonyl (C=O) groups is 1. The molecule has 168 valence electrons. The van der Waals surface area contributed by atoms with E-state index in [0.717, 1.165) is 23.6 Å². The van der Waals surface area contributed by atoms with Gasteiger partial charge in [0.1, 0.15) is 5.75 Å². The molecule has 0 aliphatic heterocycles. The quantitative estimate of drug-likeness (QED) is 0.486. The van der Waals surface area contributed by atoms with Gasteiger partial charge in [-0.2, -0.15) is 8.78 Å². The molecule has 8 heteroatoms. The average molecular weight is 433 g/mol. The molecule has 6 nitrogen and oxygen atoms in total. The fourth-order valence-corrected chi connectivity index (χ4v) is 3.00. The summed E-state index contributed by atoms with van der Waals surface area (Å²) in [6.07, 6.45) is 0.705. The Balaban J connectivity index is 1.99. The maximum absolute atomic E-state index is 12.3. The Hall–Kier alpha value is -3.16. The number of aliphatic imine (C=N–C) groups is 1. The number of alkyl halides is 2. The number of benzene rings is 2. The third kappa shape index (κ3) is 7.88. The highest BCUT2D eigenvalue weighted by atomic mass is 19.3. The second-order valence-electron chi connectivity index (χ2n) is 7.26. The lowest BCUT2D eigenvalue weighted by Gasteiger charge is -2.22. The molecule has 2 aromatic rings. The summed E-state index contributed by atoms with van der Waals surface area (Å²) in [5.41, 5.74) is 2.66. The molecule has 0 aliphatic carbocycles. The number of ether oxygens (including phenoxy) is 1. The van der Waals surface area contributed by atoms with Gasteiger partial charge in [-0.25, -0.2) is 0 Å². The van der Waals surface area contributed by atoms with E-state index >= 15 is 0 Å². The minimum atomic E-state index is -2.83. The number of nitrogens with one attached hydrogen (secondary N) is 1. The van der Waals surface area contributed by atoms with Crippen molar-refractivity contribution in [2.45, 2.75) is 26.5 Å². The highest BCUT2D eigenvalue weighted by Crippen LogP contribution is 2.16. The molecule has 2 rings (SSSR count). The van der Waals surface area contributed by atoms with Crippen LogP contribution in [-0.4, -0.2) is 62.5 Å². The van der Waals surface area contributed by atoms with Crippen LogP contribution in [0.4, 0.5) is 8.78 Å². The number of nitrogens with zero attached hydrogens (tertiary/aromatic N) is 3. The zero-order valence-corrected chi connectivity index (χ0v) is 18.4. The summed E-state index contributed by atoms with van der Waals surface area (Å²) in [5, 5.41) is 3.26. The van der Waals surface area contributed by atoms with Crippen molar-refractivity contribution in [3.63, 3.8) is 0 Å². The molecule has 0 heterocycles. The predicted molar refractivity (Wildman–Crippen MR) is 119 cm³/mol. The van der Waals surface area contributed by atoms with E-state index in [2.05, 4.69) is 15.0 Å². The number of guanidine groups is 1. The summed E-state index contributed by atoms with van der Waals surface area (Å²) in [6, 6.07) is 14.1. The molecule has 2 aromatic carbocycles. The first-order valence-electron chi connectivity index (χ1n) is 10.1. The van der Waals surface area contributed by atoms with Gasteiger partial charge in [-0.15, -0.1) is 0 Å². The molecular formula is C23H30F2N4O2. The summed E-state index contributed by atoms with van der Waals surface area (Å²) in [6.45, 7) is 1.01. The Bertz CT molecular complexity index is 870. The summed E-state index contributed by atoms with van der Waals surface area (Å²) >= 11 is 0. The van der Waals surface area contributed by atoms with Gasteiger partial charge in [-0.05, 0) is 48.7 Å². The standard InChI is InChI=1S/C23H30F2N4O2/c1-5-26-23(29(4)16-18-9-11-20(12-10-18)31-22(24)25)27-14-13-17-7-6-8-19(15-17)21(30)28(2)3/h6-12,15,22H,5,13-14,16H2,1-4H3,(H,26,27). The Kier molecular flexibility index (Phi) is 9.24. The first kappa shape index (κ1) is 24.1. The van der Waals surface area contributed by atoms with Crippen LogP contribution >= 0.6 is 0 Å². The van der Waals surface area contributed by atoms with E-state index in [1.54, 1.807) is 31.1 Å². The Morgan fingerprint density at radius 1 is 1.10 bits per heavy atom. The lowest BCUT2D eigenvalue weighted by molar-refractivity contribution is -0.0498. The molecule has 0 saturated carbocycles. The van der Waals surface area contributed by atoms with Gasteiger partial charge < -0.3 is 19.9 Å². The SMILES string of the molecule is CCNC(=NCCc1cccc(C(=O)N(C)C)c1)N(C)Cc1ccc(OC(F)F)cc1. The fourth-order valence-electron chi connectivity index (χ4n) is 3.00. The van der Waals surface area contributed by atoms with Gasteiger partial charge in [-0.3, -0.25) is 9.79 Å². The molecule has 0 aromatic heterocycles. The van der Waals surface area contributed by atoms with Crippen LogP contribution in [0, 0.1) is 0 Å². The van der Waals surface area contributed by atoms with Crippen molar-refractivity contribution in [2.75, 3.05) is 34.2 Å². The van der Waals surface area contributed by atoms with Crippen LogP contribution in [0.5, 0.6) is 5.75 Å². The van der Waals surface area contributed by atoms with E-state index in [1.807, 2.05) is 43.1 Å². The maximum Gasteiger partial charge on any atom is 0.387 e. The zero-order chi connectivity index (χ0) is 22.8. The Morgan fingerprint density at radius 2 is 1.81 bits per heavy atom. The van der Waals surface area contributed by atoms with Gasteiger partial charge in [0.05, 0.1) is 0 Å². The van der Waals surface area contributed by atoms with Crippen molar-refractivity contribution >= 4 is 11.9 Å². The van der Waals surface area contributed by atoms with Crippen molar-refractivity contribution < 1.29 is 18.3 Å². The maximum atomic E-state index is 12.3. The van der Waals surface area contributed by atoms with E-state index in [4.69, 9.17) is 0 Å². The normalized spacial score (nSPS) is 11.4. The van der Waals surface area contributed by atoms with Crippen LogP contribution in [0.25, 0.3) is 0 Å². The summed E-state index contributed by atoms with van der Waals surface area (Å²) in [4.78, 5) is 20.3. The second-order valence-corrected chi connectivity index (χ2v) is 7.26. The molecule has 1 amide bonds. The van der Waals surface area contributed by atoms with Crippen LogP contribution in [0.15, 0.2) is 53.5 Å². The smallest absolute Gasteiger partial charge is 0.387 e. The predicted octanol–water partition coefficient (Wildman–Crippen LogP) is 3.63. The van der Waals surface area contributed by atoms with Gasteiger partial charge in [-0.1, -0.05) is 24.3 Å². The van der Waals surface area contributed by atoms with Gasteiger partial charge in [0, 0.05) is 46.3 Å². The summed E-state index contributed by atoms with van der Waals surface area (Å²) in [5.74, 6) is 0.858. The van der Waals surface area contributed by atoms with Crippen molar-refractivity contribution in [3.8, 4) is 5.75 Å². The molecule has 0 radical (unpaired) electrons. The largest absolute Gasteiger partial charge is 0.435 e. The summed E-state index contributed by atoms with van der Waals surface area (Å²) < 4.78 is 29.0. The number of halogens is 2. The van der Waals surface area contributed by atoms with E-state index in [0.29, 0.717) is 25.1 Å². The molecule has 0 bridgehead atoms. The van der Waals surface area contributed by atoms with Crippen LogP contribution in [0.2, 0.25) is 0 Å². The van der Waals surface area contributed by atoms with Gasteiger partial charge in [0.15, 0.2) is 5.96 Å². The van der Waals surface area contributed by atoms with Crippen LogP contribution in [0.3, 0.4) is 0 Å². The highest BCUT2D eigenvalue weighted by Gasteiger charge is 2.10. The number of hydrogen-bond donors (Lipinski definition) is 1. The van der Waals surface area contributed by atoms with Crippen molar-refractivity contribution in [3.05, 3.63) is 65.2 Å². The van der Waals surface area contributed by atoms with E-state index < -0.39 is 6.61 Å². The highest BCUT2D eigenvalue weighted by molar-refractivity contribution is 5.94. The number of hydrogen-bond acceptors (Lipinski definition) is 3. The zero-order valence-electron chi connectivity index (χ0n) is 18.4. The van der Waals surface area contributed by atoms with Crippen LogP contribution in [0.1, 0.15) is 28.4 Å². The second kappa shape index (κ2) is 11.9. The molecule has 0 saturated heterocycles. The lowest BCUT2D eigenvalue weighted by Crippen LogP contribution is -2.38. The molecule has 0 spiro atoms. The lowest BCUT2D eigenvalue weighted by atomic mass is 10.1. The molecule has 0 atom stereocenters. The van der Waals surface area contributed by atoms with Gasteiger partial charge in [0.25, 0.3) is 5.91 Å². The van der Waals surface area contributed by atoms with Crippen molar-refractivity contribution in [1.82, 2.24) is 15.1 Å². The molecule has 1 N–H and O–H groups in total.